The number of hydrogen-bond acceptors (Lipinski definition) is 1. The Balaban J connectivity index is 2.18. The first-order chi connectivity index (χ1) is 13.0. The molecule has 0 aliphatic rings. The van der Waals surface area contributed by atoms with Crippen molar-refractivity contribution >= 4 is 16.7 Å². The summed E-state index contributed by atoms with van der Waals surface area (Å²) in [6.45, 7) is 0. The Bertz CT molecular complexity index is 1110. The van der Waals surface area contributed by atoms with Crippen LogP contribution in [0.25, 0.3) is 27.8 Å². The van der Waals surface area contributed by atoms with E-state index in [1.54, 1.807) is 71.3 Å². The fourth-order valence-corrected chi connectivity index (χ4v) is 3.33. The van der Waals surface area contributed by atoms with Gasteiger partial charge in [0.1, 0.15) is 0 Å². The normalized spacial score (nSPS) is 11.7. The number of aromatic nitrogens is 1. The van der Waals surface area contributed by atoms with E-state index >= 15 is 0 Å². The largest absolute Gasteiger partial charge is 0.454 e. The summed E-state index contributed by atoms with van der Waals surface area (Å²) in [5, 5.41) is 0.280. The summed E-state index contributed by atoms with van der Waals surface area (Å²) in [4.78, 5) is 12.4. The van der Waals surface area contributed by atoms with E-state index < -0.39 is 12.0 Å². The maximum absolute atomic E-state index is 13.4. The second-order valence-electron chi connectivity index (χ2n) is 6.10. The molecule has 1 heterocycles. The first kappa shape index (κ1) is 17.1. The first-order valence-electron chi connectivity index (χ1n) is 8.34. The van der Waals surface area contributed by atoms with Crippen LogP contribution in [0, 0.1) is 0 Å². The Morgan fingerprint density at radius 1 is 0.741 bits per heavy atom. The van der Waals surface area contributed by atoms with Crippen LogP contribution in [0.1, 0.15) is 10.4 Å². The van der Waals surface area contributed by atoms with Crippen LogP contribution in [0.2, 0.25) is 0 Å². The SMILES string of the molecule is O=C(c1c(-c2ccccc2)n(-c2ccccc2)c2ccccc12)C(F)(F)F. The number of fused-ring (bicyclic) bond motifs is 1. The summed E-state index contributed by atoms with van der Waals surface area (Å²) >= 11 is 0. The third-order valence-corrected chi connectivity index (χ3v) is 4.42. The molecule has 0 aliphatic carbocycles. The number of halogens is 3. The van der Waals surface area contributed by atoms with Crippen molar-refractivity contribution in [3.63, 3.8) is 0 Å². The number of hydrogen-bond donors (Lipinski definition) is 0. The van der Waals surface area contributed by atoms with Gasteiger partial charge in [-0.3, -0.25) is 4.79 Å². The maximum atomic E-state index is 13.4. The number of ketones is 1. The van der Waals surface area contributed by atoms with Crippen LogP contribution in [0.5, 0.6) is 0 Å². The van der Waals surface area contributed by atoms with Crippen molar-refractivity contribution in [2.45, 2.75) is 6.18 Å². The van der Waals surface area contributed by atoms with Gasteiger partial charge in [-0.05, 0) is 23.8 Å². The Hall–Kier alpha value is -3.34. The molecule has 27 heavy (non-hydrogen) atoms. The standard InChI is InChI=1S/C22H14F3NO/c23-22(24,25)21(27)19-17-13-7-8-14-18(17)26(16-11-5-2-6-12-16)20(19)15-9-3-1-4-10-15/h1-14H. The van der Waals surface area contributed by atoms with Crippen molar-refractivity contribution in [2.24, 2.45) is 0 Å². The predicted molar refractivity (Wildman–Crippen MR) is 99.1 cm³/mol. The van der Waals surface area contributed by atoms with Gasteiger partial charge < -0.3 is 4.57 Å². The number of rotatable bonds is 3. The van der Waals surface area contributed by atoms with Gasteiger partial charge in [-0.25, -0.2) is 0 Å². The van der Waals surface area contributed by atoms with E-state index in [1.165, 1.54) is 0 Å². The molecule has 0 atom stereocenters. The van der Waals surface area contributed by atoms with Crippen LogP contribution >= 0.6 is 0 Å². The fraction of sp³-hybridized carbons (Fsp3) is 0.0455. The Morgan fingerprint density at radius 3 is 1.93 bits per heavy atom. The molecule has 5 heteroatoms. The van der Waals surface area contributed by atoms with Crippen LogP contribution in [-0.4, -0.2) is 16.5 Å². The number of Topliss-reactive ketones (excluding diaryl/α,β-unsaturated/α-hetero) is 1. The van der Waals surface area contributed by atoms with Gasteiger partial charge in [0, 0.05) is 11.1 Å². The molecule has 1 aromatic heterocycles. The second-order valence-corrected chi connectivity index (χ2v) is 6.10. The van der Waals surface area contributed by atoms with E-state index in [1.807, 2.05) is 18.2 Å². The highest BCUT2D eigenvalue weighted by Gasteiger charge is 2.43. The van der Waals surface area contributed by atoms with Gasteiger partial charge in [0.25, 0.3) is 5.78 Å². The lowest BCUT2D eigenvalue weighted by atomic mass is 10.0. The smallest absolute Gasteiger partial charge is 0.309 e. The molecule has 0 radical (unpaired) electrons. The van der Waals surface area contributed by atoms with E-state index in [9.17, 15) is 18.0 Å². The summed E-state index contributed by atoms with van der Waals surface area (Å²) in [7, 11) is 0. The molecule has 134 valence electrons. The van der Waals surface area contributed by atoms with Crippen molar-refractivity contribution in [2.75, 3.05) is 0 Å². The zero-order valence-electron chi connectivity index (χ0n) is 14.1. The highest BCUT2D eigenvalue weighted by Crippen LogP contribution is 2.39. The van der Waals surface area contributed by atoms with Gasteiger partial charge in [-0.2, -0.15) is 13.2 Å². The van der Waals surface area contributed by atoms with E-state index in [0.29, 0.717) is 16.8 Å². The molecule has 0 amide bonds. The number of carbonyl (C=O) groups excluding carboxylic acids is 1. The summed E-state index contributed by atoms with van der Waals surface area (Å²) in [5.41, 5.74) is 1.70. The molecule has 0 bridgehead atoms. The summed E-state index contributed by atoms with van der Waals surface area (Å²) in [6.07, 6.45) is -4.96. The highest BCUT2D eigenvalue weighted by molar-refractivity contribution is 6.16. The van der Waals surface area contributed by atoms with E-state index in [2.05, 4.69) is 0 Å². The molecular formula is C22H14F3NO. The lowest BCUT2D eigenvalue weighted by molar-refractivity contribution is -0.0883. The zero-order chi connectivity index (χ0) is 19.0. The molecule has 0 spiro atoms. The van der Waals surface area contributed by atoms with Gasteiger partial charge in [0.15, 0.2) is 0 Å². The lowest BCUT2D eigenvalue weighted by Crippen LogP contribution is -2.23. The van der Waals surface area contributed by atoms with Crippen molar-refractivity contribution in [3.05, 3.63) is 90.5 Å². The molecule has 0 aliphatic heterocycles. The van der Waals surface area contributed by atoms with Gasteiger partial charge in [0.05, 0.1) is 16.8 Å². The van der Waals surface area contributed by atoms with Crippen LogP contribution < -0.4 is 0 Å². The van der Waals surface area contributed by atoms with Crippen LogP contribution in [0.4, 0.5) is 13.2 Å². The van der Waals surface area contributed by atoms with Gasteiger partial charge >= 0.3 is 6.18 Å². The third-order valence-electron chi connectivity index (χ3n) is 4.42. The average Bonchev–Trinajstić information content (AvgIpc) is 3.03. The summed E-state index contributed by atoms with van der Waals surface area (Å²) in [6, 6.07) is 24.4. The van der Waals surface area contributed by atoms with Crippen LogP contribution in [0.3, 0.4) is 0 Å². The topological polar surface area (TPSA) is 22.0 Å². The minimum atomic E-state index is -4.96. The van der Waals surface area contributed by atoms with Crippen molar-refractivity contribution in [3.8, 4) is 16.9 Å². The number of carbonyl (C=O) groups is 1. The van der Waals surface area contributed by atoms with Gasteiger partial charge in [0.2, 0.25) is 0 Å². The Kier molecular flexibility index (Phi) is 4.07. The van der Waals surface area contributed by atoms with Gasteiger partial charge in [-0.1, -0.05) is 66.7 Å². The molecule has 4 rings (SSSR count). The Morgan fingerprint density at radius 2 is 1.30 bits per heavy atom. The maximum Gasteiger partial charge on any atom is 0.454 e. The molecule has 0 saturated heterocycles. The molecule has 0 unspecified atom stereocenters. The van der Waals surface area contributed by atoms with E-state index in [4.69, 9.17) is 0 Å². The molecule has 4 aromatic rings. The lowest BCUT2D eigenvalue weighted by Gasteiger charge is -2.13. The monoisotopic (exact) mass is 365 g/mol. The van der Waals surface area contributed by atoms with Crippen molar-refractivity contribution in [1.82, 2.24) is 4.57 Å². The fourth-order valence-electron chi connectivity index (χ4n) is 3.33. The predicted octanol–water partition coefficient (Wildman–Crippen LogP) is 6.04. The zero-order valence-corrected chi connectivity index (χ0v) is 14.1. The molecule has 0 fully saturated rings. The van der Waals surface area contributed by atoms with Crippen molar-refractivity contribution < 1.29 is 18.0 Å². The third kappa shape index (κ3) is 2.91. The minimum absolute atomic E-state index is 0.241. The summed E-state index contributed by atoms with van der Waals surface area (Å²) < 4.78 is 41.9. The summed E-state index contributed by atoms with van der Waals surface area (Å²) in [5.74, 6) is -1.84. The minimum Gasteiger partial charge on any atom is -0.309 e. The molecule has 0 saturated carbocycles. The number of nitrogens with zero attached hydrogens (tertiary/aromatic N) is 1. The average molecular weight is 365 g/mol. The molecule has 3 aromatic carbocycles. The number of benzene rings is 3. The van der Waals surface area contributed by atoms with Gasteiger partial charge in [-0.15, -0.1) is 0 Å². The number of para-hydroxylation sites is 2. The quantitative estimate of drug-likeness (QED) is 0.406. The molecule has 2 nitrogen and oxygen atoms in total. The van der Waals surface area contributed by atoms with E-state index in [0.717, 1.165) is 0 Å². The molecule has 0 N–H and O–H groups in total. The van der Waals surface area contributed by atoms with Crippen molar-refractivity contribution in [1.29, 1.82) is 0 Å². The number of alkyl halides is 3. The van der Waals surface area contributed by atoms with E-state index in [-0.39, 0.29) is 16.6 Å². The highest BCUT2D eigenvalue weighted by atomic mass is 19.4. The van der Waals surface area contributed by atoms with Crippen LogP contribution in [0.15, 0.2) is 84.9 Å². The Labute approximate surface area is 153 Å². The molecular weight excluding hydrogens is 351 g/mol. The second kappa shape index (κ2) is 6.43. The van der Waals surface area contributed by atoms with Crippen LogP contribution in [-0.2, 0) is 0 Å². The first-order valence-corrected chi connectivity index (χ1v) is 8.34.